The maximum Gasteiger partial charge on any atom is 0.142 e. The molecule has 0 amide bonds. The van der Waals surface area contributed by atoms with Crippen LogP contribution < -0.4 is 5.32 Å². The first-order chi connectivity index (χ1) is 10.8. The molecule has 1 heterocycles. The highest BCUT2D eigenvalue weighted by Gasteiger charge is 2.11. The number of halogens is 1. The lowest BCUT2D eigenvalue weighted by Gasteiger charge is -2.12. The van der Waals surface area contributed by atoms with Gasteiger partial charge in [-0.05, 0) is 17.5 Å². The highest BCUT2D eigenvalue weighted by atomic mass is 35.5. The Hall–Kier alpha value is -2.39. The molecular formula is C18H16ClN3. The second-order valence-electron chi connectivity index (χ2n) is 4.92. The molecule has 0 unspecified atom stereocenters. The Labute approximate surface area is 135 Å². The van der Waals surface area contributed by atoms with Crippen LogP contribution in [0.2, 0.25) is 5.15 Å². The summed E-state index contributed by atoms with van der Waals surface area (Å²) < 4.78 is 0. The smallest absolute Gasteiger partial charge is 0.142 e. The second-order valence-corrected chi connectivity index (χ2v) is 5.27. The molecule has 3 aromatic rings. The van der Waals surface area contributed by atoms with Crippen LogP contribution in [0.3, 0.4) is 0 Å². The number of hydrogen-bond acceptors (Lipinski definition) is 3. The molecule has 0 aliphatic heterocycles. The zero-order chi connectivity index (χ0) is 15.2. The van der Waals surface area contributed by atoms with Gasteiger partial charge in [0, 0.05) is 6.54 Å². The molecule has 0 aliphatic rings. The van der Waals surface area contributed by atoms with Crippen LogP contribution in [0, 0.1) is 0 Å². The van der Waals surface area contributed by atoms with Crippen molar-refractivity contribution >= 4 is 17.4 Å². The van der Waals surface area contributed by atoms with E-state index in [1.807, 2.05) is 48.5 Å². The fraction of sp³-hybridized carbons (Fsp3) is 0.111. The molecule has 22 heavy (non-hydrogen) atoms. The number of rotatable bonds is 5. The van der Waals surface area contributed by atoms with Gasteiger partial charge in [0.05, 0.1) is 5.56 Å². The summed E-state index contributed by atoms with van der Waals surface area (Å²) in [6.07, 6.45) is 2.41. The van der Waals surface area contributed by atoms with Crippen molar-refractivity contribution in [2.24, 2.45) is 0 Å². The fourth-order valence-electron chi connectivity index (χ4n) is 2.33. The van der Waals surface area contributed by atoms with Crippen LogP contribution in [0.15, 0.2) is 67.0 Å². The third kappa shape index (κ3) is 3.43. The van der Waals surface area contributed by atoms with Crippen molar-refractivity contribution in [3.63, 3.8) is 0 Å². The summed E-state index contributed by atoms with van der Waals surface area (Å²) in [6, 6.07) is 20.3. The second kappa shape index (κ2) is 7.05. The third-order valence-electron chi connectivity index (χ3n) is 3.41. The standard InChI is InChI=1S/C18H16ClN3/c19-17-16(15-9-5-2-6-10-15)18(22-13-21-17)20-12-11-14-7-3-1-4-8-14/h1-10,13H,11-12H2,(H,20,21,22). The molecule has 0 spiro atoms. The lowest BCUT2D eigenvalue weighted by atomic mass is 10.1. The minimum absolute atomic E-state index is 0.461. The van der Waals surface area contributed by atoms with Gasteiger partial charge in [-0.3, -0.25) is 0 Å². The van der Waals surface area contributed by atoms with Crippen LogP contribution in [0.25, 0.3) is 11.1 Å². The molecule has 2 aromatic carbocycles. The van der Waals surface area contributed by atoms with E-state index in [2.05, 4.69) is 27.4 Å². The molecule has 0 saturated heterocycles. The molecule has 1 N–H and O–H groups in total. The van der Waals surface area contributed by atoms with Crippen molar-refractivity contribution in [2.75, 3.05) is 11.9 Å². The number of aromatic nitrogens is 2. The zero-order valence-electron chi connectivity index (χ0n) is 12.0. The van der Waals surface area contributed by atoms with E-state index in [1.165, 1.54) is 11.9 Å². The third-order valence-corrected chi connectivity index (χ3v) is 3.70. The van der Waals surface area contributed by atoms with Crippen LogP contribution in [-0.4, -0.2) is 16.5 Å². The SMILES string of the molecule is Clc1ncnc(NCCc2ccccc2)c1-c1ccccc1. The van der Waals surface area contributed by atoms with Crippen molar-refractivity contribution in [3.8, 4) is 11.1 Å². The monoisotopic (exact) mass is 309 g/mol. The molecule has 0 bridgehead atoms. The van der Waals surface area contributed by atoms with Gasteiger partial charge in [0.2, 0.25) is 0 Å². The molecule has 4 heteroatoms. The topological polar surface area (TPSA) is 37.8 Å². The van der Waals surface area contributed by atoms with E-state index in [0.29, 0.717) is 5.15 Å². The lowest BCUT2D eigenvalue weighted by Crippen LogP contribution is -2.08. The molecule has 0 saturated carbocycles. The summed E-state index contributed by atoms with van der Waals surface area (Å²) in [5.74, 6) is 0.766. The minimum atomic E-state index is 0.461. The fourth-order valence-corrected chi connectivity index (χ4v) is 2.57. The van der Waals surface area contributed by atoms with Gasteiger partial charge in [0.25, 0.3) is 0 Å². The Bertz CT molecular complexity index is 730. The molecular weight excluding hydrogens is 294 g/mol. The average molecular weight is 310 g/mol. The Morgan fingerprint density at radius 1 is 0.864 bits per heavy atom. The molecule has 110 valence electrons. The number of anilines is 1. The van der Waals surface area contributed by atoms with E-state index >= 15 is 0 Å². The normalized spacial score (nSPS) is 10.4. The van der Waals surface area contributed by atoms with Gasteiger partial charge in [-0.15, -0.1) is 0 Å². The molecule has 0 fully saturated rings. The van der Waals surface area contributed by atoms with Gasteiger partial charge in [0.15, 0.2) is 0 Å². The largest absolute Gasteiger partial charge is 0.369 e. The Morgan fingerprint density at radius 3 is 2.27 bits per heavy atom. The Kier molecular flexibility index (Phi) is 4.66. The van der Waals surface area contributed by atoms with E-state index < -0.39 is 0 Å². The van der Waals surface area contributed by atoms with Crippen LogP contribution in [0.5, 0.6) is 0 Å². The predicted octanol–water partition coefficient (Wildman–Crippen LogP) is 4.45. The van der Waals surface area contributed by atoms with E-state index in [4.69, 9.17) is 11.6 Å². The van der Waals surface area contributed by atoms with Crippen molar-refractivity contribution in [3.05, 3.63) is 77.7 Å². The van der Waals surface area contributed by atoms with Crippen molar-refractivity contribution in [1.82, 2.24) is 9.97 Å². The van der Waals surface area contributed by atoms with Gasteiger partial charge in [-0.1, -0.05) is 72.3 Å². The summed E-state index contributed by atoms with van der Waals surface area (Å²) in [4.78, 5) is 8.44. The highest BCUT2D eigenvalue weighted by Crippen LogP contribution is 2.31. The summed E-state index contributed by atoms with van der Waals surface area (Å²) in [5.41, 5.74) is 3.14. The van der Waals surface area contributed by atoms with Crippen molar-refractivity contribution < 1.29 is 0 Å². The molecule has 3 nitrogen and oxygen atoms in total. The molecule has 0 aliphatic carbocycles. The van der Waals surface area contributed by atoms with Crippen LogP contribution in [0.1, 0.15) is 5.56 Å². The van der Waals surface area contributed by atoms with Crippen LogP contribution >= 0.6 is 11.6 Å². The predicted molar refractivity (Wildman–Crippen MR) is 91.1 cm³/mol. The van der Waals surface area contributed by atoms with Gasteiger partial charge in [-0.2, -0.15) is 0 Å². The maximum atomic E-state index is 6.27. The quantitative estimate of drug-likeness (QED) is 0.707. The van der Waals surface area contributed by atoms with E-state index in [-0.39, 0.29) is 0 Å². The lowest BCUT2D eigenvalue weighted by molar-refractivity contribution is 1.00. The van der Waals surface area contributed by atoms with Crippen LogP contribution in [-0.2, 0) is 6.42 Å². The number of nitrogens with one attached hydrogen (secondary N) is 1. The summed E-state index contributed by atoms with van der Waals surface area (Å²) in [5, 5.41) is 3.83. The molecule has 0 radical (unpaired) electrons. The zero-order valence-corrected chi connectivity index (χ0v) is 12.8. The first kappa shape index (κ1) is 14.5. The Balaban J connectivity index is 1.78. The molecule has 1 aromatic heterocycles. The first-order valence-corrected chi connectivity index (χ1v) is 7.56. The van der Waals surface area contributed by atoms with Gasteiger partial charge in [-0.25, -0.2) is 9.97 Å². The summed E-state index contributed by atoms with van der Waals surface area (Å²) in [7, 11) is 0. The van der Waals surface area contributed by atoms with E-state index in [9.17, 15) is 0 Å². The van der Waals surface area contributed by atoms with Gasteiger partial charge < -0.3 is 5.32 Å². The molecule has 3 rings (SSSR count). The van der Waals surface area contributed by atoms with Crippen molar-refractivity contribution in [2.45, 2.75) is 6.42 Å². The summed E-state index contributed by atoms with van der Waals surface area (Å²) in [6.45, 7) is 0.789. The van der Waals surface area contributed by atoms with Gasteiger partial charge >= 0.3 is 0 Å². The minimum Gasteiger partial charge on any atom is -0.369 e. The maximum absolute atomic E-state index is 6.27. The van der Waals surface area contributed by atoms with Crippen LogP contribution in [0.4, 0.5) is 5.82 Å². The first-order valence-electron chi connectivity index (χ1n) is 7.18. The summed E-state index contributed by atoms with van der Waals surface area (Å²) >= 11 is 6.27. The van der Waals surface area contributed by atoms with Gasteiger partial charge in [0.1, 0.15) is 17.3 Å². The number of hydrogen-bond donors (Lipinski definition) is 1. The van der Waals surface area contributed by atoms with E-state index in [0.717, 1.165) is 29.9 Å². The number of benzene rings is 2. The van der Waals surface area contributed by atoms with E-state index in [1.54, 1.807) is 0 Å². The van der Waals surface area contributed by atoms with Crippen molar-refractivity contribution in [1.29, 1.82) is 0 Å². The average Bonchev–Trinajstić information content (AvgIpc) is 2.57. The Morgan fingerprint density at radius 2 is 1.55 bits per heavy atom. The molecule has 0 atom stereocenters. The highest BCUT2D eigenvalue weighted by molar-refractivity contribution is 6.32. The number of nitrogens with zero attached hydrogens (tertiary/aromatic N) is 2.